The van der Waals surface area contributed by atoms with Crippen molar-refractivity contribution in [2.24, 2.45) is 11.8 Å². The fraction of sp³-hybridized carbons (Fsp3) is 0.571. The summed E-state index contributed by atoms with van der Waals surface area (Å²) in [6.07, 6.45) is 6.54. The number of nitrogen functional groups attached to an aromatic ring is 1. The predicted octanol–water partition coefficient (Wildman–Crippen LogP) is 2.60. The zero-order valence-electron chi connectivity index (χ0n) is 10.4. The van der Waals surface area contributed by atoms with Crippen LogP contribution in [0.1, 0.15) is 38.2 Å². The average Bonchev–Trinajstić information content (AvgIpc) is 2.33. The van der Waals surface area contributed by atoms with Crippen LogP contribution in [0.4, 0.5) is 5.82 Å². The molecule has 92 valence electrons. The molecule has 0 atom stereocenters. The number of Topliss-reactive ketones (excluding diaryl/α,β-unsaturated/α-hetero) is 1. The molecule has 17 heavy (non-hydrogen) atoms. The fourth-order valence-corrected chi connectivity index (χ4v) is 2.51. The number of ketones is 1. The van der Waals surface area contributed by atoms with E-state index in [1.165, 1.54) is 12.8 Å². The fourth-order valence-electron chi connectivity index (χ4n) is 2.51. The molecule has 0 unspecified atom stereocenters. The summed E-state index contributed by atoms with van der Waals surface area (Å²) < 4.78 is 0. The first-order chi connectivity index (χ1) is 8.16. The maximum atomic E-state index is 12.1. The van der Waals surface area contributed by atoms with Gasteiger partial charge in [-0.1, -0.05) is 25.8 Å². The normalized spacial score (nSPS) is 24.5. The summed E-state index contributed by atoms with van der Waals surface area (Å²) in [5.41, 5.74) is 6.63. The molecule has 1 heterocycles. The Labute approximate surface area is 102 Å². The molecule has 1 fully saturated rings. The molecule has 3 nitrogen and oxygen atoms in total. The molecule has 3 heteroatoms. The lowest BCUT2D eigenvalue weighted by Crippen LogP contribution is -2.22. The minimum Gasteiger partial charge on any atom is -0.383 e. The van der Waals surface area contributed by atoms with Gasteiger partial charge in [0.05, 0.1) is 0 Å². The van der Waals surface area contributed by atoms with Crippen LogP contribution in [0.2, 0.25) is 0 Å². The van der Waals surface area contributed by atoms with Crippen molar-refractivity contribution in [1.82, 2.24) is 4.98 Å². The van der Waals surface area contributed by atoms with Crippen LogP contribution in [-0.4, -0.2) is 10.8 Å². The second-order valence-corrected chi connectivity index (χ2v) is 5.15. The first-order valence-corrected chi connectivity index (χ1v) is 6.39. The number of hydrogen-bond donors (Lipinski definition) is 1. The molecule has 1 aliphatic rings. The molecule has 0 spiro atoms. The summed E-state index contributed by atoms with van der Waals surface area (Å²) in [5.74, 6) is 1.84. The lowest BCUT2D eigenvalue weighted by molar-refractivity contribution is -0.123. The van der Waals surface area contributed by atoms with E-state index in [-0.39, 0.29) is 5.92 Å². The van der Waals surface area contributed by atoms with Crippen LogP contribution >= 0.6 is 0 Å². The third kappa shape index (κ3) is 3.05. The topological polar surface area (TPSA) is 56.0 Å². The van der Waals surface area contributed by atoms with E-state index in [0.717, 1.165) is 24.3 Å². The number of anilines is 1. The van der Waals surface area contributed by atoms with Gasteiger partial charge in [-0.15, -0.1) is 0 Å². The molecule has 0 radical (unpaired) electrons. The average molecular weight is 232 g/mol. The number of nitrogens with two attached hydrogens (primary N) is 1. The quantitative estimate of drug-likeness (QED) is 0.871. The Balaban J connectivity index is 1.95. The monoisotopic (exact) mass is 232 g/mol. The van der Waals surface area contributed by atoms with Crippen LogP contribution in [-0.2, 0) is 11.2 Å². The third-order valence-corrected chi connectivity index (χ3v) is 3.76. The van der Waals surface area contributed by atoms with E-state index < -0.39 is 0 Å². The highest BCUT2D eigenvalue weighted by molar-refractivity contribution is 5.84. The predicted molar refractivity (Wildman–Crippen MR) is 68.5 cm³/mol. The Morgan fingerprint density at radius 1 is 1.41 bits per heavy atom. The molecular formula is C14H20N2O. The van der Waals surface area contributed by atoms with Crippen molar-refractivity contribution in [3.63, 3.8) is 0 Å². The number of carbonyl (C=O) groups is 1. The molecule has 0 aliphatic heterocycles. The van der Waals surface area contributed by atoms with Gasteiger partial charge in [-0.3, -0.25) is 4.79 Å². The van der Waals surface area contributed by atoms with Crippen molar-refractivity contribution in [2.45, 2.75) is 39.0 Å². The highest BCUT2D eigenvalue weighted by Gasteiger charge is 2.24. The second-order valence-electron chi connectivity index (χ2n) is 5.15. The standard InChI is InChI=1S/C14H20N2O/c1-10-4-6-11(7-5-10)13(17)9-12-3-2-8-16-14(12)15/h2-3,8,10-11H,4-7,9H2,1H3,(H2,15,16). The Morgan fingerprint density at radius 2 is 2.12 bits per heavy atom. The van der Waals surface area contributed by atoms with Crippen LogP contribution in [0.3, 0.4) is 0 Å². The Bertz CT molecular complexity index is 395. The van der Waals surface area contributed by atoms with Gasteiger partial charge in [0.15, 0.2) is 0 Å². The minimum atomic E-state index is 0.241. The smallest absolute Gasteiger partial charge is 0.140 e. The molecule has 1 aromatic rings. The van der Waals surface area contributed by atoms with E-state index in [1.807, 2.05) is 12.1 Å². The Morgan fingerprint density at radius 3 is 2.76 bits per heavy atom. The highest BCUT2D eigenvalue weighted by atomic mass is 16.1. The number of pyridine rings is 1. The largest absolute Gasteiger partial charge is 0.383 e. The molecule has 1 aromatic heterocycles. The number of aromatic nitrogens is 1. The summed E-state index contributed by atoms with van der Waals surface area (Å²) in [6, 6.07) is 3.73. The molecular weight excluding hydrogens is 212 g/mol. The first-order valence-electron chi connectivity index (χ1n) is 6.39. The molecule has 2 N–H and O–H groups in total. The van der Waals surface area contributed by atoms with Crippen LogP contribution in [0.5, 0.6) is 0 Å². The highest BCUT2D eigenvalue weighted by Crippen LogP contribution is 2.29. The molecule has 1 aliphatic carbocycles. The molecule has 0 bridgehead atoms. The Kier molecular flexibility index (Phi) is 3.77. The number of carbonyl (C=O) groups excluding carboxylic acids is 1. The van der Waals surface area contributed by atoms with Gasteiger partial charge in [-0.05, 0) is 24.8 Å². The van der Waals surface area contributed by atoms with E-state index in [0.29, 0.717) is 18.0 Å². The van der Waals surface area contributed by atoms with E-state index in [2.05, 4.69) is 11.9 Å². The van der Waals surface area contributed by atoms with E-state index in [9.17, 15) is 4.79 Å². The summed E-state index contributed by atoms with van der Waals surface area (Å²) in [7, 11) is 0. The van der Waals surface area contributed by atoms with Crippen molar-refractivity contribution in [1.29, 1.82) is 0 Å². The van der Waals surface area contributed by atoms with E-state index in [1.54, 1.807) is 6.20 Å². The van der Waals surface area contributed by atoms with Crippen LogP contribution < -0.4 is 5.73 Å². The SMILES string of the molecule is CC1CCC(C(=O)Cc2cccnc2N)CC1. The summed E-state index contributed by atoms with van der Waals surface area (Å²) in [6.45, 7) is 2.26. The molecule has 2 rings (SSSR count). The van der Waals surface area contributed by atoms with E-state index in [4.69, 9.17) is 5.73 Å². The molecule has 1 saturated carbocycles. The van der Waals surface area contributed by atoms with Gasteiger partial charge in [0, 0.05) is 24.1 Å². The lowest BCUT2D eigenvalue weighted by Gasteiger charge is -2.25. The summed E-state index contributed by atoms with van der Waals surface area (Å²) >= 11 is 0. The molecule has 0 aromatic carbocycles. The first kappa shape index (κ1) is 12.1. The lowest BCUT2D eigenvalue weighted by atomic mass is 9.80. The summed E-state index contributed by atoms with van der Waals surface area (Å²) in [5, 5.41) is 0. The van der Waals surface area contributed by atoms with Crippen molar-refractivity contribution < 1.29 is 4.79 Å². The van der Waals surface area contributed by atoms with Crippen LogP contribution in [0, 0.1) is 11.8 Å². The molecule has 0 amide bonds. The van der Waals surface area contributed by atoms with Gasteiger partial charge < -0.3 is 5.73 Å². The van der Waals surface area contributed by atoms with E-state index >= 15 is 0 Å². The van der Waals surface area contributed by atoms with Gasteiger partial charge in [-0.2, -0.15) is 0 Å². The van der Waals surface area contributed by atoms with Gasteiger partial charge in [-0.25, -0.2) is 4.98 Å². The van der Waals surface area contributed by atoms with Crippen LogP contribution in [0.15, 0.2) is 18.3 Å². The van der Waals surface area contributed by atoms with Crippen molar-refractivity contribution in [2.75, 3.05) is 5.73 Å². The van der Waals surface area contributed by atoms with Gasteiger partial charge in [0.25, 0.3) is 0 Å². The molecule has 0 saturated heterocycles. The van der Waals surface area contributed by atoms with Gasteiger partial charge in [0.2, 0.25) is 0 Å². The summed E-state index contributed by atoms with van der Waals surface area (Å²) in [4.78, 5) is 16.2. The van der Waals surface area contributed by atoms with Gasteiger partial charge >= 0.3 is 0 Å². The number of hydrogen-bond acceptors (Lipinski definition) is 3. The van der Waals surface area contributed by atoms with Gasteiger partial charge in [0.1, 0.15) is 11.6 Å². The second kappa shape index (κ2) is 5.30. The number of rotatable bonds is 3. The zero-order valence-corrected chi connectivity index (χ0v) is 10.4. The maximum Gasteiger partial charge on any atom is 0.140 e. The van der Waals surface area contributed by atoms with Crippen molar-refractivity contribution in [3.05, 3.63) is 23.9 Å². The Hall–Kier alpha value is -1.38. The van der Waals surface area contributed by atoms with Crippen molar-refractivity contribution >= 4 is 11.6 Å². The van der Waals surface area contributed by atoms with Crippen LogP contribution in [0.25, 0.3) is 0 Å². The number of nitrogens with zero attached hydrogens (tertiary/aromatic N) is 1. The van der Waals surface area contributed by atoms with Crippen molar-refractivity contribution in [3.8, 4) is 0 Å². The maximum absolute atomic E-state index is 12.1. The zero-order chi connectivity index (χ0) is 12.3. The minimum absolute atomic E-state index is 0.241. The third-order valence-electron chi connectivity index (χ3n) is 3.76.